The predicted molar refractivity (Wildman–Crippen MR) is 85.1 cm³/mol. The molecule has 3 heterocycles. The van der Waals surface area contributed by atoms with E-state index in [0.29, 0.717) is 0 Å². The van der Waals surface area contributed by atoms with Crippen LogP contribution in [0.5, 0.6) is 0 Å². The van der Waals surface area contributed by atoms with Crippen molar-refractivity contribution in [2.45, 2.75) is 32.3 Å². The number of aromatic nitrogens is 4. The Hall–Kier alpha value is -2.21. The van der Waals surface area contributed by atoms with Gasteiger partial charge in [0, 0.05) is 19.6 Å². The van der Waals surface area contributed by atoms with E-state index in [1.54, 1.807) is 0 Å². The first-order valence-electron chi connectivity index (χ1n) is 7.85. The number of fused-ring (bicyclic) bond motifs is 3. The van der Waals surface area contributed by atoms with E-state index in [1.165, 1.54) is 0 Å². The van der Waals surface area contributed by atoms with Gasteiger partial charge in [-0.3, -0.25) is 4.40 Å². The van der Waals surface area contributed by atoms with Gasteiger partial charge in [0.05, 0.1) is 17.1 Å². The highest BCUT2D eigenvalue weighted by Gasteiger charge is 2.18. The molecule has 0 unspecified atom stereocenters. The van der Waals surface area contributed by atoms with Gasteiger partial charge in [0.2, 0.25) is 5.65 Å². The molecular weight excluding hydrogens is 278 g/mol. The smallest absolute Gasteiger partial charge is 0.204 e. The van der Waals surface area contributed by atoms with Crippen molar-refractivity contribution in [3.63, 3.8) is 0 Å². The molecule has 1 atom stereocenters. The molecule has 22 heavy (non-hydrogen) atoms. The quantitative estimate of drug-likeness (QED) is 0.801. The van der Waals surface area contributed by atoms with Gasteiger partial charge in [-0.25, -0.2) is 4.98 Å². The van der Waals surface area contributed by atoms with Crippen molar-refractivity contribution in [2.24, 2.45) is 0 Å². The standard InChI is InChI=1S/C16H19N5O/c1-2-14-19-20-16-15(17-10-11-6-5-9-22-11)18-12-7-3-4-8-13(12)21(14)16/h3-4,7-8,11H,2,5-6,9-10H2,1H3,(H,17,18)/t11-/m0/s1. The van der Waals surface area contributed by atoms with Gasteiger partial charge in [-0.1, -0.05) is 19.1 Å². The molecule has 114 valence electrons. The number of rotatable bonds is 4. The van der Waals surface area contributed by atoms with Gasteiger partial charge in [0.15, 0.2) is 5.82 Å². The van der Waals surface area contributed by atoms with Crippen LogP contribution in [-0.4, -0.2) is 38.8 Å². The summed E-state index contributed by atoms with van der Waals surface area (Å²) >= 11 is 0. The largest absolute Gasteiger partial charge is 0.376 e. The summed E-state index contributed by atoms with van der Waals surface area (Å²) in [7, 11) is 0. The molecule has 3 aromatic rings. The molecule has 0 amide bonds. The van der Waals surface area contributed by atoms with Gasteiger partial charge < -0.3 is 10.1 Å². The van der Waals surface area contributed by atoms with Gasteiger partial charge in [-0.15, -0.1) is 10.2 Å². The number of ether oxygens (including phenoxy) is 1. The highest BCUT2D eigenvalue weighted by atomic mass is 16.5. The molecule has 1 aliphatic rings. The van der Waals surface area contributed by atoms with Crippen molar-refractivity contribution < 1.29 is 4.74 Å². The second-order valence-corrected chi connectivity index (χ2v) is 5.59. The minimum atomic E-state index is 0.266. The van der Waals surface area contributed by atoms with E-state index in [4.69, 9.17) is 9.72 Å². The maximum atomic E-state index is 5.67. The number of hydrogen-bond acceptors (Lipinski definition) is 5. The number of nitrogens with zero attached hydrogens (tertiary/aromatic N) is 4. The lowest BCUT2D eigenvalue weighted by atomic mass is 10.2. The normalized spacial score (nSPS) is 18.3. The van der Waals surface area contributed by atoms with Crippen molar-refractivity contribution >= 4 is 22.5 Å². The van der Waals surface area contributed by atoms with Crippen LogP contribution < -0.4 is 5.32 Å². The average Bonchev–Trinajstić information content (AvgIpc) is 3.22. The minimum Gasteiger partial charge on any atom is -0.376 e. The third-order valence-electron chi connectivity index (χ3n) is 4.13. The Balaban J connectivity index is 1.80. The summed E-state index contributed by atoms with van der Waals surface area (Å²) in [6.07, 6.45) is 3.34. The third kappa shape index (κ3) is 2.20. The molecule has 0 aliphatic carbocycles. The SMILES string of the molecule is CCc1nnc2c(NC[C@@H]3CCCO3)nc3ccccc3n12. The summed E-state index contributed by atoms with van der Waals surface area (Å²) in [5.41, 5.74) is 2.77. The molecule has 1 aromatic carbocycles. The Morgan fingerprint density at radius 3 is 3.05 bits per heavy atom. The maximum absolute atomic E-state index is 5.67. The second-order valence-electron chi connectivity index (χ2n) is 5.59. The van der Waals surface area contributed by atoms with E-state index in [9.17, 15) is 0 Å². The zero-order valence-electron chi connectivity index (χ0n) is 12.6. The van der Waals surface area contributed by atoms with Crippen molar-refractivity contribution in [1.82, 2.24) is 19.6 Å². The first-order chi connectivity index (χ1) is 10.9. The van der Waals surface area contributed by atoms with Gasteiger partial charge >= 0.3 is 0 Å². The van der Waals surface area contributed by atoms with Crippen LogP contribution in [-0.2, 0) is 11.2 Å². The van der Waals surface area contributed by atoms with Crippen LogP contribution in [0.3, 0.4) is 0 Å². The molecule has 0 saturated carbocycles. The number of para-hydroxylation sites is 2. The molecule has 6 nitrogen and oxygen atoms in total. The van der Waals surface area contributed by atoms with E-state index in [0.717, 1.165) is 60.7 Å². The van der Waals surface area contributed by atoms with Crippen LogP contribution in [0.2, 0.25) is 0 Å². The molecule has 4 rings (SSSR count). The maximum Gasteiger partial charge on any atom is 0.204 e. The van der Waals surface area contributed by atoms with E-state index < -0.39 is 0 Å². The Morgan fingerprint density at radius 2 is 2.23 bits per heavy atom. The lowest BCUT2D eigenvalue weighted by Crippen LogP contribution is -2.19. The van der Waals surface area contributed by atoms with Crippen molar-refractivity contribution in [1.29, 1.82) is 0 Å². The first kappa shape index (κ1) is 13.5. The Morgan fingerprint density at radius 1 is 1.32 bits per heavy atom. The summed E-state index contributed by atoms with van der Waals surface area (Å²) in [5.74, 6) is 1.73. The average molecular weight is 297 g/mol. The monoisotopic (exact) mass is 297 g/mol. The fraction of sp³-hybridized carbons (Fsp3) is 0.438. The van der Waals surface area contributed by atoms with E-state index in [2.05, 4.69) is 32.9 Å². The predicted octanol–water partition coefficient (Wildman–Crippen LogP) is 2.43. The molecule has 0 spiro atoms. The van der Waals surface area contributed by atoms with Gasteiger partial charge in [0.1, 0.15) is 5.82 Å². The summed E-state index contributed by atoms with van der Waals surface area (Å²) in [5, 5.41) is 12.0. The van der Waals surface area contributed by atoms with Crippen molar-refractivity contribution in [3.05, 3.63) is 30.1 Å². The fourth-order valence-electron chi connectivity index (χ4n) is 3.00. The first-order valence-corrected chi connectivity index (χ1v) is 7.85. The van der Waals surface area contributed by atoms with Crippen LogP contribution in [0.1, 0.15) is 25.6 Å². The molecule has 1 N–H and O–H groups in total. The van der Waals surface area contributed by atoms with Gasteiger partial charge in [-0.05, 0) is 25.0 Å². The van der Waals surface area contributed by atoms with Crippen LogP contribution in [0.4, 0.5) is 5.82 Å². The minimum absolute atomic E-state index is 0.266. The van der Waals surface area contributed by atoms with Crippen LogP contribution >= 0.6 is 0 Å². The lowest BCUT2D eigenvalue weighted by molar-refractivity contribution is 0.120. The lowest BCUT2D eigenvalue weighted by Gasteiger charge is -2.13. The molecule has 1 fully saturated rings. The summed E-state index contributed by atoms with van der Waals surface area (Å²) in [6, 6.07) is 8.09. The van der Waals surface area contributed by atoms with Gasteiger partial charge in [0.25, 0.3) is 0 Å². The number of nitrogens with one attached hydrogen (secondary N) is 1. The zero-order valence-corrected chi connectivity index (χ0v) is 12.6. The molecular formula is C16H19N5O. The fourth-order valence-corrected chi connectivity index (χ4v) is 3.00. The topological polar surface area (TPSA) is 64.3 Å². The molecule has 1 saturated heterocycles. The highest BCUT2D eigenvalue weighted by molar-refractivity contribution is 5.82. The van der Waals surface area contributed by atoms with Crippen molar-refractivity contribution in [3.8, 4) is 0 Å². The number of aryl methyl sites for hydroxylation is 1. The molecule has 0 radical (unpaired) electrons. The van der Waals surface area contributed by atoms with Crippen molar-refractivity contribution in [2.75, 3.05) is 18.5 Å². The summed E-state index contributed by atoms with van der Waals surface area (Å²) in [6.45, 7) is 3.71. The van der Waals surface area contributed by atoms with E-state index in [-0.39, 0.29) is 6.10 Å². The number of anilines is 1. The highest BCUT2D eigenvalue weighted by Crippen LogP contribution is 2.22. The van der Waals surface area contributed by atoms with Gasteiger partial charge in [-0.2, -0.15) is 0 Å². The summed E-state index contributed by atoms with van der Waals surface area (Å²) in [4.78, 5) is 4.72. The number of benzene rings is 1. The number of hydrogen-bond donors (Lipinski definition) is 1. The Kier molecular flexibility index (Phi) is 3.38. The zero-order chi connectivity index (χ0) is 14.9. The van der Waals surface area contributed by atoms with Crippen LogP contribution in [0, 0.1) is 0 Å². The molecule has 0 bridgehead atoms. The Bertz CT molecular complexity index is 807. The van der Waals surface area contributed by atoms with E-state index in [1.807, 2.05) is 18.2 Å². The van der Waals surface area contributed by atoms with Crippen LogP contribution in [0.25, 0.3) is 16.7 Å². The summed E-state index contributed by atoms with van der Waals surface area (Å²) < 4.78 is 7.76. The molecule has 2 aromatic heterocycles. The van der Waals surface area contributed by atoms with E-state index >= 15 is 0 Å². The second kappa shape index (κ2) is 5.53. The third-order valence-corrected chi connectivity index (χ3v) is 4.13. The molecule has 1 aliphatic heterocycles. The Labute approximate surface area is 128 Å². The van der Waals surface area contributed by atoms with Crippen LogP contribution in [0.15, 0.2) is 24.3 Å². The molecule has 6 heteroatoms.